The fourth-order valence-electron chi connectivity index (χ4n) is 8.25. The van der Waals surface area contributed by atoms with Crippen LogP contribution >= 0.6 is 0 Å². The van der Waals surface area contributed by atoms with Gasteiger partial charge in [-0.05, 0) is 87.9 Å². The molecule has 0 radical (unpaired) electrons. The standard InChI is InChI=1S/C54H40N18O18/c1-21-31(19-55)40(73)70(42(75)37(21)67-64-33-16-25(46(79)80)6-9-28(33)49(85)86)14-12-58-52-61-53(59-13-15-71-41(74)32(20-56)22(2)38(43(71)76)68-65-34-17-26(47(81)82)7-10-29(34)50(87)88)63-54(62-52)60-24(4)72-44(77)36(57-5)23(3)39(45(72)78)69-66-35-18-27(48(83)84)8-11-30(35)51(89)90/h6-11,16-18,75-76,78H,12-15H2,1-4H3,(H,79,80)(H,81,82)(H,83,84)(H,85,86)(H,87,88)(H,89,90)(H2,58,59,61,62,63). The van der Waals surface area contributed by atoms with E-state index in [1.54, 1.807) is 12.1 Å². The number of aromatic nitrogens is 6. The van der Waals surface area contributed by atoms with Gasteiger partial charge in [-0.3, -0.25) is 23.5 Å². The summed E-state index contributed by atoms with van der Waals surface area (Å²) in [6.45, 7) is 10.5. The summed E-state index contributed by atoms with van der Waals surface area (Å²) in [6, 6.07) is 11.8. The van der Waals surface area contributed by atoms with Gasteiger partial charge in [0.2, 0.25) is 29.5 Å². The number of aromatic hydroxyl groups is 3. The van der Waals surface area contributed by atoms with E-state index in [9.17, 15) is 99.6 Å². The zero-order valence-corrected chi connectivity index (χ0v) is 46.4. The minimum Gasteiger partial charge on any atom is -0.493 e. The fraction of sp³-hybridized carbons (Fsp3) is 0.148. The number of benzene rings is 3. The molecule has 0 saturated heterocycles. The van der Waals surface area contributed by atoms with Crippen molar-refractivity contribution in [3.05, 3.63) is 158 Å². The van der Waals surface area contributed by atoms with Crippen molar-refractivity contribution in [2.75, 3.05) is 23.7 Å². The first kappa shape index (κ1) is 63.9. The number of aromatic carboxylic acids is 6. The fourth-order valence-corrected chi connectivity index (χ4v) is 8.25. The summed E-state index contributed by atoms with van der Waals surface area (Å²) in [5, 5.41) is 141. The zero-order valence-electron chi connectivity index (χ0n) is 46.4. The predicted molar refractivity (Wildman–Crippen MR) is 306 cm³/mol. The molecule has 36 heteroatoms. The van der Waals surface area contributed by atoms with Crippen molar-refractivity contribution in [1.82, 2.24) is 28.7 Å². The van der Waals surface area contributed by atoms with Crippen LogP contribution in [-0.4, -0.2) is 129 Å². The highest BCUT2D eigenvalue weighted by atomic mass is 16.4. The summed E-state index contributed by atoms with van der Waals surface area (Å²) in [4.78, 5) is 132. The Morgan fingerprint density at radius 1 is 0.533 bits per heavy atom. The van der Waals surface area contributed by atoms with Gasteiger partial charge in [0, 0.05) is 37.3 Å². The third kappa shape index (κ3) is 13.1. The van der Waals surface area contributed by atoms with Gasteiger partial charge in [0.25, 0.3) is 28.3 Å². The molecule has 0 aliphatic heterocycles. The molecular formula is C54H40N18O18. The number of nitrogens with zero attached hydrogens (tertiary/aromatic N) is 16. The number of nitrogens with one attached hydrogen (secondary N) is 2. The Labute approximate surface area is 500 Å². The van der Waals surface area contributed by atoms with E-state index < -0.39 is 193 Å². The Kier molecular flexibility index (Phi) is 18.8. The molecule has 0 aliphatic rings. The van der Waals surface area contributed by atoms with Crippen molar-refractivity contribution in [3.63, 3.8) is 0 Å². The van der Waals surface area contributed by atoms with Crippen molar-refractivity contribution in [1.29, 1.82) is 10.5 Å². The first-order valence-electron chi connectivity index (χ1n) is 25.1. The monoisotopic (exact) mass is 1230 g/mol. The lowest BCUT2D eigenvalue weighted by molar-refractivity contribution is 0.0682. The van der Waals surface area contributed by atoms with Crippen LogP contribution in [0, 0.1) is 50.0 Å². The van der Waals surface area contributed by atoms with Gasteiger partial charge >= 0.3 is 35.8 Å². The molecule has 0 saturated carbocycles. The van der Waals surface area contributed by atoms with Crippen LogP contribution in [-0.2, 0) is 13.1 Å². The van der Waals surface area contributed by atoms with Crippen molar-refractivity contribution < 1.29 is 74.7 Å². The molecule has 90 heavy (non-hydrogen) atoms. The largest absolute Gasteiger partial charge is 0.493 e. The van der Waals surface area contributed by atoms with E-state index in [-0.39, 0.29) is 27.8 Å². The summed E-state index contributed by atoms with van der Waals surface area (Å²) in [7, 11) is 0. The molecular weight excluding hydrogens is 1190 g/mol. The molecule has 3 aromatic carbocycles. The number of pyridine rings is 3. The van der Waals surface area contributed by atoms with Crippen LogP contribution in [0.1, 0.15) is 96.9 Å². The van der Waals surface area contributed by atoms with Crippen molar-refractivity contribution in [3.8, 4) is 29.8 Å². The number of carboxylic acids is 6. The van der Waals surface area contributed by atoms with Gasteiger partial charge in [-0.15, -0.1) is 30.7 Å². The highest BCUT2D eigenvalue weighted by Gasteiger charge is 2.26. The molecule has 11 N–H and O–H groups in total. The average Bonchev–Trinajstić information content (AvgIpc) is 0.834. The van der Waals surface area contributed by atoms with E-state index in [2.05, 4.69) is 66.1 Å². The molecule has 7 rings (SSSR count). The molecule has 0 unspecified atom stereocenters. The average molecular weight is 1230 g/mol. The van der Waals surface area contributed by atoms with Crippen molar-refractivity contribution in [2.45, 2.75) is 40.8 Å². The zero-order chi connectivity index (χ0) is 66.2. The maximum Gasteiger partial charge on any atom is 0.337 e. The number of carbonyl (C=O) groups is 6. The molecule has 0 aliphatic carbocycles. The van der Waals surface area contributed by atoms with E-state index in [0.29, 0.717) is 13.7 Å². The van der Waals surface area contributed by atoms with Crippen LogP contribution in [0.4, 0.5) is 57.7 Å². The van der Waals surface area contributed by atoms with Gasteiger partial charge in [0.15, 0.2) is 11.4 Å². The Morgan fingerprint density at radius 3 is 1.21 bits per heavy atom. The molecule has 4 heterocycles. The minimum atomic E-state index is -1.55. The van der Waals surface area contributed by atoms with Gasteiger partial charge in [0.05, 0.1) is 40.0 Å². The third-order valence-corrected chi connectivity index (χ3v) is 12.8. The second kappa shape index (κ2) is 26.5. The maximum absolute atomic E-state index is 13.9. The lowest BCUT2D eigenvalue weighted by Crippen LogP contribution is -2.27. The number of carboxylic acid groups (broad SMARTS) is 6. The highest BCUT2D eigenvalue weighted by Crippen LogP contribution is 2.38. The molecule has 0 amide bonds. The number of rotatable bonds is 21. The quantitative estimate of drug-likeness (QED) is 0.0150. The molecule has 7 aromatic rings. The second-order valence-electron chi connectivity index (χ2n) is 18.3. The van der Waals surface area contributed by atoms with E-state index in [1.807, 2.05) is 0 Å². The number of anilines is 2. The molecule has 0 atom stereocenters. The van der Waals surface area contributed by atoms with Crippen LogP contribution in [0.3, 0.4) is 0 Å². The Bertz CT molecular complexity index is 4540. The van der Waals surface area contributed by atoms with Gasteiger partial charge in [-0.1, -0.05) is 0 Å². The Balaban J connectivity index is 1.30. The van der Waals surface area contributed by atoms with Crippen molar-refractivity contribution in [2.24, 2.45) is 35.7 Å². The normalized spacial score (nSPS) is 11.3. The number of azo groups is 3. The van der Waals surface area contributed by atoms with Crippen LogP contribution in [0.2, 0.25) is 0 Å². The molecule has 0 spiro atoms. The topological polar surface area (TPSA) is 552 Å². The summed E-state index contributed by atoms with van der Waals surface area (Å²) in [6.07, 6.45) is 0. The number of hydrogen-bond donors (Lipinski definition) is 11. The summed E-state index contributed by atoms with van der Waals surface area (Å²) >= 11 is 0. The van der Waals surface area contributed by atoms with Crippen LogP contribution in [0.15, 0.2) is 105 Å². The predicted octanol–water partition coefficient (Wildman–Crippen LogP) is 6.95. The van der Waals surface area contributed by atoms with E-state index >= 15 is 0 Å². The Hall–Kier alpha value is -13.7. The molecule has 36 nitrogen and oxygen atoms in total. The van der Waals surface area contributed by atoms with Gasteiger partial charge in [-0.25, -0.2) is 38.2 Å². The smallest absolute Gasteiger partial charge is 0.337 e. The molecule has 0 bridgehead atoms. The number of nitriles is 2. The number of aliphatic imine (C=N–C) groups is 1. The van der Waals surface area contributed by atoms with E-state index in [1.165, 1.54) is 20.8 Å². The number of hydrogen-bond acceptors (Lipinski definition) is 26. The molecule has 454 valence electrons. The highest BCUT2D eigenvalue weighted by molar-refractivity contribution is 5.99. The van der Waals surface area contributed by atoms with E-state index in [0.717, 1.165) is 61.5 Å². The SMILES string of the molecule is [C-]#[N+]c1c(C)c(N=Nc2cc(C(=O)O)ccc2C(=O)O)c(O)n(C(C)=Nc2nc(NCCn3c(O)c(N=Nc4cc(C(=O)O)ccc4C(=O)O)c(C)c(C#N)c3=O)nc(NCCn3c(O)c(N=Nc4cc(C(=O)O)ccc4C(=O)O)c(C)c(C#N)c3=O)n2)c1=O. The first-order valence-corrected chi connectivity index (χ1v) is 25.1. The summed E-state index contributed by atoms with van der Waals surface area (Å²) < 4.78 is 1.76. The molecule has 4 aromatic heterocycles. The van der Waals surface area contributed by atoms with E-state index in [4.69, 9.17) is 6.57 Å². The van der Waals surface area contributed by atoms with Gasteiger partial charge < -0.3 is 56.6 Å². The van der Waals surface area contributed by atoms with Gasteiger partial charge in [0.1, 0.15) is 51.9 Å². The maximum atomic E-state index is 13.9. The van der Waals surface area contributed by atoms with Crippen molar-refractivity contribution >= 4 is 99.3 Å². The summed E-state index contributed by atoms with van der Waals surface area (Å²) in [5.74, 6) is -13.9. The minimum absolute atomic E-state index is 0.219. The molecule has 0 fully saturated rings. The van der Waals surface area contributed by atoms with Gasteiger partial charge in [-0.2, -0.15) is 30.5 Å². The second-order valence-corrected chi connectivity index (χ2v) is 18.3. The Morgan fingerprint density at radius 2 is 0.889 bits per heavy atom. The van der Waals surface area contributed by atoms with Crippen LogP contribution in [0.5, 0.6) is 17.6 Å². The third-order valence-electron chi connectivity index (χ3n) is 12.8. The van der Waals surface area contributed by atoms with Crippen LogP contribution < -0.4 is 27.3 Å². The summed E-state index contributed by atoms with van der Waals surface area (Å²) in [5.41, 5.74) is -11.7. The lowest BCUT2D eigenvalue weighted by Gasteiger charge is -2.15. The van der Waals surface area contributed by atoms with Crippen LogP contribution in [0.25, 0.3) is 4.85 Å². The lowest BCUT2D eigenvalue weighted by atomic mass is 10.1. The first-order chi connectivity index (χ1) is 42.6.